The standard InChI is InChI=1S/C27H23FN4O7S/c1-37-25(35)18-14-40-26(29-18)31-23(33)19(11-15-6-5-9-17(28)10-15)32-24(34)22(30-27(32)36)21-13-38-12-20(39-21)16-7-3-2-4-8-16/h2-3,5-7,9-10,12-14,19,22H,4,8,11H2,1H3,(H,30,36)(H,29,31,33)/t19-,22+/m0/s1. The van der Waals surface area contributed by atoms with Crippen LogP contribution in [0.15, 0.2) is 77.5 Å². The molecule has 0 unspecified atom stereocenters. The molecule has 40 heavy (non-hydrogen) atoms. The van der Waals surface area contributed by atoms with Gasteiger partial charge in [-0.05, 0) is 36.1 Å². The number of halogens is 1. The van der Waals surface area contributed by atoms with E-state index in [0.29, 0.717) is 17.7 Å². The Hall–Kier alpha value is -4.78. The van der Waals surface area contributed by atoms with E-state index in [9.17, 15) is 23.6 Å². The summed E-state index contributed by atoms with van der Waals surface area (Å²) in [7, 11) is 1.20. The van der Waals surface area contributed by atoms with E-state index in [-0.39, 0.29) is 23.0 Å². The number of carbonyl (C=O) groups is 4. The Morgan fingerprint density at radius 2 is 2.17 bits per heavy atom. The molecule has 2 atom stereocenters. The van der Waals surface area contributed by atoms with Crippen molar-refractivity contribution in [1.29, 1.82) is 0 Å². The molecule has 2 aromatic rings. The Balaban J connectivity index is 1.38. The first-order valence-corrected chi connectivity index (χ1v) is 13.0. The normalized spacial score (nSPS) is 19.0. The van der Waals surface area contributed by atoms with Crippen LogP contribution in [0.5, 0.6) is 0 Å². The molecule has 4 amide bonds. The second-order valence-corrected chi connectivity index (χ2v) is 9.72. The van der Waals surface area contributed by atoms with Gasteiger partial charge in [-0.1, -0.05) is 30.4 Å². The van der Waals surface area contributed by atoms with Gasteiger partial charge < -0.3 is 24.8 Å². The monoisotopic (exact) mass is 566 g/mol. The number of hydrogen-bond donors (Lipinski definition) is 2. The molecule has 1 saturated heterocycles. The number of anilines is 1. The number of carbonyl (C=O) groups excluding carboxylic acids is 4. The maximum atomic E-state index is 13.9. The van der Waals surface area contributed by atoms with Crippen molar-refractivity contribution in [3.05, 3.63) is 94.6 Å². The number of methoxy groups -OCH3 is 1. The van der Waals surface area contributed by atoms with Gasteiger partial charge in [-0.25, -0.2) is 23.9 Å². The number of thiazole rings is 1. The first-order chi connectivity index (χ1) is 19.3. The van der Waals surface area contributed by atoms with Crippen LogP contribution in [-0.2, 0) is 30.2 Å². The van der Waals surface area contributed by atoms with E-state index in [2.05, 4.69) is 20.4 Å². The number of allylic oxidation sites excluding steroid dienone is 4. The summed E-state index contributed by atoms with van der Waals surface area (Å²) >= 11 is 0.959. The largest absolute Gasteiger partial charge is 0.465 e. The zero-order chi connectivity index (χ0) is 28.2. The van der Waals surface area contributed by atoms with Crippen molar-refractivity contribution in [3.8, 4) is 0 Å². The first kappa shape index (κ1) is 26.8. The molecule has 11 nitrogen and oxygen atoms in total. The average Bonchev–Trinajstić information content (AvgIpc) is 3.55. The maximum absolute atomic E-state index is 13.9. The Morgan fingerprint density at radius 3 is 2.92 bits per heavy atom. The van der Waals surface area contributed by atoms with Gasteiger partial charge in [0, 0.05) is 11.8 Å². The highest BCUT2D eigenvalue weighted by Crippen LogP contribution is 2.30. The zero-order valence-corrected chi connectivity index (χ0v) is 21.9. The minimum Gasteiger partial charge on any atom is -0.465 e. The van der Waals surface area contributed by atoms with Crippen molar-refractivity contribution in [2.45, 2.75) is 31.3 Å². The summed E-state index contributed by atoms with van der Waals surface area (Å²) in [5.41, 5.74) is 1.21. The van der Waals surface area contributed by atoms with Crippen molar-refractivity contribution in [2.24, 2.45) is 0 Å². The highest BCUT2D eigenvalue weighted by Gasteiger charge is 2.47. The molecule has 1 fully saturated rings. The van der Waals surface area contributed by atoms with Gasteiger partial charge in [-0.3, -0.25) is 9.59 Å². The third kappa shape index (κ3) is 5.64. The predicted octanol–water partition coefficient (Wildman–Crippen LogP) is 3.55. The first-order valence-electron chi connectivity index (χ1n) is 12.2. The fraction of sp³-hybridized carbons (Fsp3) is 0.222. The molecule has 0 saturated carbocycles. The molecule has 3 heterocycles. The lowest BCUT2D eigenvalue weighted by Crippen LogP contribution is -2.49. The molecule has 3 aliphatic rings. The van der Waals surface area contributed by atoms with Gasteiger partial charge in [0.25, 0.3) is 5.91 Å². The molecule has 206 valence electrons. The highest BCUT2D eigenvalue weighted by molar-refractivity contribution is 7.14. The number of rotatable bonds is 8. The number of nitrogens with zero attached hydrogens (tertiary/aromatic N) is 2. The molecule has 0 bridgehead atoms. The Bertz CT molecular complexity index is 1500. The molecule has 0 spiro atoms. The molecule has 13 heteroatoms. The Morgan fingerprint density at radius 1 is 1.32 bits per heavy atom. The van der Waals surface area contributed by atoms with E-state index in [1.165, 1.54) is 43.2 Å². The second-order valence-electron chi connectivity index (χ2n) is 8.86. The molecule has 1 aliphatic carbocycles. The van der Waals surface area contributed by atoms with Crippen LogP contribution in [0.2, 0.25) is 0 Å². The Kier molecular flexibility index (Phi) is 7.73. The topological polar surface area (TPSA) is 136 Å². The fourth-order valence-corrected chi connectivity index (χ4v) is 4.99. The summed E-state index contributed by atoms with van der Waals surface area (Å²) in [5.74, 6) is -2.32. The number of benzene rings is 1. The number of imide groups is 1. The zero-order valence-electron chi connectivity index (χ0n) is 21.1. The molecule has 1 aromatic heterocycles. The molecule has 1 aromatic carbocycles. The third-order valence-electron chi connectivity index (χ3n) is 6.23. The van der Waals surface area contributed by atoms with Crippen LogP contribution in [0.3, 0.4) is 0 Å². The van der Waals surface area contributed by atoms with Gasteiger partial charge in [0.2, 0.25) is 5.91 Å². The van der Waals surface area contributed by atoms with Crippen LogP contribution in [0.25, 0.3) is 0 Å². The van der Waals surface area contributed by atoms with Crippen molar-refractivity contribution in [1.82, 2.24) is 15.2 Å². The average molecular weight is 567 g/mol. The smallest absolute Gasteiger partial charge is 0.357 e. The van der Waals surface area contributed by atoms with E-state index in [4.69, 9.17) is 9.47 Å². The quantitative estimate of drug-likeness (QED) is 0.366. The van der Waals surface area contributed by atoms with Crippen LogP contribution < -0.4 is 10.6 Å². The summed E-state index contributed by atoms with van der Waals surface area (Å²) in [4.78, 5) is 56.7. The summed E-state index contributed by atoms with van der Waals surface area (Å²) in [6.07, 6.45) is 9.71. The van der Waals surface area contributed by atoms with Crippen molar-refractivity contribution >= 4 is 40.3 Å². The lowest BCUT2D eigenvalue weighted by molar-refractivity contribution is -0.134. The number of amides is 4. The number of esters is 1. The second kappa shape index (κ2) is 11.5. The number of urea groups is 1. The van der Waals surface area contributed by atoms with Gasteiger partial charge in [0.1, 0.15) is 24.4 Å². The van der Waals surface area contributed by atoms with Gasteiger partial charge in [0.05, 0.1) is 7.11 Å². The SMILES string of the molecule is COC(=O)c1csc(NC(=O)[C@H](Cc2cccc(F)c2)N2C(=O)N[C@H](C3=COC=C(C4=CC=CCC4)O3)C2=O)n1. The maximum Gasteiger partial charge on any atom is 0.357 e. The van der Waals surface area contributed by atoms with E-state index >= 15 is 0 Å². The summed E-state index contributed by atoms with van der Waals surface area (Å²) in [6, 6.07) is 1.98. The molecule has 0 radical (unpaired) electrons. The molecular weight excluding hydrogens is 543 g/mol. The number of hydrogen-bond acceptors (Lipinski definition) is 9. The van der Waals surface area contributed by atoms with Gasteiger partial charge >= 0.3 is 12.0 Å². The molecule has 5 rings (SSSR count). The summed E-state index contributed by atoms with van der Waals surface area (Å²) in [5, 5.41) is 6.53. The van der Waals surface area contributed by atoms with Crippen LogP contribution in [-0.4, -0.2) is 52.9 Å². The predicted molar refractivity (Wildman–Crippen MR) is 140 cm³/mol. The number of aromatic nitrogens is 1. The van der Waals surface area contributed by atoms with Crippen LogP contribution in [0.4, 0.5) is 14.3 Å². The molecular formula is C27H23FN4O7S. The van der Waals surface area contributed by atoms with E-state index in [1.54, 1.807) is 6.07 Å². The van der Waals surface area contributed by atoms with E-state index < -0.39 is 41.7 Å². The van der Waals surface area contributed by atoms with Crippen molar-refractivity contribution in [3.63, 3.8) is 0 Å². The van der Waals surface area contributed by atoms with E-state index in [1.807, 2.05) is 18.2 Å². The lowest BCUT2D eigenvalue weighted by atomic mass is 10.0. The summed E-state index contributed by atoms with van der Waals surface area (Å²) < 4.78 is 29.9. The van der Waals surface area contributed by atoms with Gasteiger partial charge in [0.15, 0.2) is 28.4 Å². The van der Waals surface area contributed by atoms with Crippen LogP contribution in [0, 0.1) is 5.82 Å². The minimum absolute atomic E-state index is 0.0200. The fourth-order valence-electron chi connectivity index (χ4n) is 4.30. The molecule has 2 N–H and O–H groups in total. The van der Waals surface area contributed by atoms with E-state index in [0.717, 1.165) is 28.2 Å². The highest BCUT2D eigenvalue weighted by atomic mass is 32.1. The molecule has 2 aliphatic heterocycles. The van der Waals surface area contributed by atoms with Crippen LogP contribution >= 0.6 is 11.3 Å². The van der Waals surface area contributed by atoms with Gasteiger partial charge in [-0.15, -0.1) is 11.3 Å². The van der Waals surface area contributed by atoms with Gasteiger partial charge in [-0.2, -0.15) is 0 Å². The summed E-state index contributed by atoms with van der Waals surface area (Å²) in [6.45, 7) is 0. The van der Waals surface area contributed by atoms with Crippen molar-refractivity contribution < 1.29 is 37.8 Å². The number of nitrogens with one attached hydrogen (secondary N) is 2. The lowest BCUT2D eigenvalue weighted by Gasteiger charge is -2.25. The van der Waals surface area contributed by atoms with Crippen molar-refractivity contribution in [2.75, 3.05) is 12.4 Å². The Labute approximate surface area is 231 Å². The minimum atomic E-state index is -1.39. The number of ether oxygens (including phenoxy) is 3. The third-order valence-corrected chi connectivity index (χ3v) is 6.99. The van der Waals surface area contributed by atoms with Crippen LogP contribution in [0.1, 0.15) is 28.9 Å².